The van der Waals surface area contributed by atoms with Crippen LogP contribution in [0.25, 0.3) is 0 Å². The van der Waals surface area contributed by atoms with Crippen LogP contribution < -0.4 is 18.9 Å². The summed E-state index contributed by atoms with van der Waals surface area (Å²) in [4.78, 5) is 24.5. The van der Waals surface area contributed by atoms with Crippen molar-refractivity contribution in [3.8, 4) is 23.0 Å². The average Bonchev–Trinajstić information content (AvgIpc) is 2.97. The zero-order chi connectivity index (χ0) is 28.2. The quantitative estimate of drug-likeness (QED) is 0.0984. The molecule has 0 aliphatic carbocycles. The highest BCUT2D eigenvalue weighted by Crippen LogP contribution is 2.21. The van der Waals surface area contributed by atoms with Crippen molar-refractivity contribution in [3.63, 3.8) is 0 Å². The van der Waals surface area contributed by atoms with Crippen LogP contribution in [-0.2, 0) is 0 Å². The Morgan fingerprint density at radius 1 is 0.450 bits per heavy atom. The van der Waals surface area contributed by atoms with Crippen LogP contribution in [0.3, 0.4) is 0 Å². The van der Waals surface area contributed by atoms with Crippen molar-refractivity contribution in [1.29, 1.82) is 0 Å². The summed E-state index contributed by atoms with van der Waals surface area (Å²) in [6.07, 6.45) is 3.93. The van der Waals surface area contributed by atoms with Crippen LogP contribution in [0.5, 0.6) is 23.0 Å². The maximum Gasteiger partial charge on any atom is 0.343 e. The van der Waals surface area contributed by atoms with E-state index in [1.54, 1.807) is 72.8 Å². The first-order chi connectivity index (χ1) is 19.5. The molecule has 0 amide bonds. The number of esters is 2. The van der Waals surface area contributed by atoms with Crippen LogP contribution in [0, 0.1) is 13.8 Å². The fourth-order valence-electron chi connectivity index (χ4n) is 3.86. The summed E-state index contributed by atoms with van der Waals surface area (Å²) in [5.74, 6) is 1.69. The zero-order valence-corrected chi connectivity index (χ0v) is 22.9. The SMILES string of the molecule is Cc1ccc(C(=O)Oc2ccc(OCCCCCCOc3ccc(OC(=O)c4ccc(C)cc4)cc3)cc2)cc1. The van der Waals surface area contributed by atoms with Gasteiger partial charge in [-0.1, -0.05) is 35.4 Å². The van der Waals surface area contributed by atoms with Crippen molar-refractivity contribution in [2.75, 3.05) is 13.2 Å². The van der Waals surface area contributed by atoms with Crippen molar-refractivity contribution in [3.05, 3.63) is 119 Å². The molecule has 0 N–H and O–H groups in total. The first kappa shape index (κ1) is 28.4. The van der Waals surface area contributed by atoms with Gasteiger partial charge in [0, 0.05) is 0 Å². The molecule has 0 atom stereocenters. The molecule has 4 rings (SSSR count). The van der Waals surface area contributed by atoms with E-state index in [9.17, 15) is 9.59 Å². The predicted molar refractivity (Wildman–Crippen MR) is 155 cm³/mol. The number of carbonyl (C=O) groups is 2. The van der Waals surface area contributed by atoms with Crippen molar-refractivity contribution in [1.82, 2.24) is 0 Å². The van der Waals surface area contributed by atoms with Gasteiger partial charge in [0.05, 0.1) is 24.3 Å². The second kappa shape index (κ2) is 14.5. The average molecular weight is 539 g/mol. The Kier molecular flexibility index (Phi) is 10.3. The highest BCUT2D eigenvalue weighted by Gasteiger charge is 2.09. The van der Waals surface area contributed by atoms with Crippen LogP contribution >= 0.6 is 0 Å². The molecule has 0 fully saturated rings. The van der Waals surface area contributed by atoms with Gasteiger partial charge in [-0.2, -0.15) is 0 Å². The Labute approximate surface area is 235 Å². The molecule has 0 aromatic heterocycles. The predicted octanol–water partition coefficient (Wildman–Crippen LogP) is 7.76. The van der Waals surface area contributed by atoms with E-state index >= 15 is 0 Å². The molecular weight excluding hydrogens is 504 g/mol. The summed E-state index contributed by atoms with van der Waals surface area (Å²) >= 11 is 0. The molecule has 4 aromatic rings. The van der Waals surface area contributed by atoms with Gasteiger partial charge in [0.2, 0.25) is 0 Å². The first-order valence-electron chi connectivity index (χ1n) is 13.5. The highest BCUT2D eigenvalue weighted by atomic mass is 16.5. The highest BCUT2D eigenvalue weighted by molar-refractivity contribution is 5.91. The zero-order valence-electron chi connectivity index (χ0n) is 22.9. The van der Waals surface area contributed by atoms with Crippen molar-refractivity contribution in [2.24, 2.45) is 0 Å². The molecule has 0 aliphatic rings. The molecule has 0 heterocycles. The lowest BCUT2D eigenvalue weighted by Crippen LogP contribution is -2.08. The van der Waals surface area contributed by atoms with Crippen molar-refractivity contribution in [2.45, 2.75) is 39.5 Å². The maximum atomic E-state index is 12.2. The van der Waals surface area contributed by atoms with Gasteiger partial charge < -0.3 is 18.9 Å². The monoisotopic (exact) mass is 538 g/mol. The van der Waals surface area contributed by atoms with E-state index in [-0.39, 0.29) is 11.9 Å². The number of unbranched alkanes of at least 4 members (excludes halogenated alkanes) is 3. The Morgan fingerprint density at radius 2 is 0.775 bits per heavy atom. The Balaban J connectivity index is 1.06. The normalized spacial score (nSPS) is 10.6. The second-order valence-corrected chi connectivity index (χ2v) is 9.57. The van der Waals surface area contributed by atoms with Gasteiger partial charge in [-0.15, -0.1) is 0 Å². The number of benzene rings is 4. The van der Waals surface area contributed by atoms with Crippen LogP contribution in [0.4, 0.5) is 0 Å². The molecule has 6 heteroatoms. The molecule has 0 aliphatic heterocycles. The van der Waals surface area contributed by atoms with E-state index in [0.717, 1.165) is 48.3 Å². The van der Waals surface area contributed by atoms with Gasteiger partial charge in [0.15, 0.2) is 0 Å². The number of hydrogen-bond donors (Lipinski definition) is 0. The van der Waals surface area contributed by atoms with E-state index in [1.165, 1.54) is 0 Å². The molecule has 0 radical (unpaired) electrons. The minimum Gasteiger partial charge on any atom is -0.494 e. The standard InChI is InChI=1S/C34H34O6/c1-25-7-11-27(12-8-25)33(35)39-31-19-15-29(16-20-31)37-23-5-3-4-6-24-38-30-17-21-32(22-18-30)40-34(36)28-13-9-26(2)10-14-28/h7-22H,3-6,23-24H2,1-2H3. The van der Waals surface area contributed by atoms with E-state index in [1.807, 2.05) is 38.1 Å². The number of carbonyl (C=O) groups excluding carboxylic acids is 2. The lowest BCUT2D eigenvalue weighted by atomic mass is 10.1. The lowest BCUT2D eigenvalue weighted by molar-refractivity contribution is 0.0725. The summed E-state index contributed by atoms with van der Waals surface area (Å²) in [7, 11) is 0. The third-order valence-electron chi connectivity index (χ3n) is 6.22. The lowest BCUT2D eigenvalue weighted by Gasteiger charge is -2.09. The Bertz CT molecular complexity index is 1250. The number of rotatable bonds is 13. The summed E-state index contributed by atoms with van der Waals surface area (Å²) in [5, 5.41) is 0. The van der Waals surface area contributed by atoms with Gasteiger partial charge in [0.25, 0.3) is 0 Å². The van der Waals surface area contributed by atoms with Crippen LogP contribution in [0.2, 0.25) is 0 Å². The minimum absolute atomic E-state index is 0.381. The van der Waals surface area contributed by atoms with Crippen LogP contribution in [0.1, 0.15) is 57.5 Å². The third-order valence-corrected chi connectivity index (χ3v) is 6.22. The fraction of sp³-hybridized carbons (Fsp3) is 0.235. The number of aryl methyl sites for hydroxylation is 2. The van der Waals surface area contributed by atoms with Gasteiger partial charge in [-0.05, 0) is 112 Å². The molecule has 4 aromatic carbocycles. The molecule has 0 saturated carbocycles. The molecule has 40 heavy (non-hydrogen) atoms. The molecule has 6 nitrogen and oxygen atoms in total. The van der Waals surface area contributed by atoms with Crippen molar-refractivity contribution >= 4 is 11.9 Å². The van der Waals surface area contributed by atoms with Crippen LogP contribution in [0.15, 0.2) is 97.1 Å². The Hall–Kier alpha value is -4.58. The van der Waals surface area contributed by atoms with E-state index in [4.69, 9.17) is 18.9 Å². The van der Waals surface area contributed by atoms with E-state index in [0.29, 0.717) is 35.8 Å². The topological polar surface area (TPSA) is 71.1 Å². The van der Waals surface area contributed by atoms with E-state index in [2.05, 4.69) is 0 Å². The number of hydrogen-bond acceptors (Lipinski definition) is 6. The Morgan fingerprint density at radius 3 is 1.12 bits per heavy atom. The number of ether oxygens (including phenoxy) is 4. The summed E-state index contributed by atoms with van der Waals surface area (Å²) < 4.78 is 22.5. The van der Waals surface area contributed by atoms with E-state index < -0.39 is 0 Å². The largest absolute Gasteiger partial charge is 0.494 e. The maximum absolute atomic E-state index is 12.2. The third kappa shape index (κ3) is 9.02. The molecule has 0 saturated heterocycles. The smallest absolute Gasteiger partial charge is 0.343 e. The van der Waals surface area contributed by atoms with Crippen molar-refractivity contribution < 1.29 is 28.5 Å². The molecular formula is C34H34O6. The van der Waals surface area contributed by atoms with Gasteiger partial charge in [-0.3, -0.25) is 0 Å². The molecule has 0 bridgehead atoms. The van der Waals surface area contributed by atoms with Gasteiger partial charge in [-0.25, -0.2) is 9.59 Å². The van der Waals surface area contributed by atoms with Gasteiger partial charge >= 0.3 is 11.9 Å². The first-order valence-corrected chi connectivity index (χ1v) is 13.5. The molecule has 206 valence electrons. The summed E-state index contributed by atoms with van der Waals surface area (Å²) in [6, 6.07) is 28.7. The summed E-state index contributed by atoms with van der Waals surface area (Å²) in [6.45, 7) is 5.18. The summed E-state index contributed by atoms with van der Waals surface area (Å²) in [5.41, 5.74) is 3.22. The molecule has 0 spiro atoms. The second-order valence-electron chi connectivity index (χ2n) is 9.57. The molecule has 0 unspecified atom stereocenters. The fourth-order valence-corrected chi connectivity index (χ4v) is 3.86. The minimum atomic E-state index is -0.381. The van der Waals surface area contributed by atoms with Crippen LogP contribution in [-0.4, -0.2) is 25.2 Å². The van der Waals surface area contributed by atoms with Gasteiger partial charge in [0.1, 0.15) is 23.0 Å².